The fraction of sp³-hybridized carbons (Fsp3) is 0.824. The van der Waals surface area contributed by atoms with E-state index in [0.717, 1.165) is 19.5 Å². The van der Waals surface area contributed by atoms with E-state index in [1.165, 1.54) is 0 Å². The average molecular weight is 351 g/mol. The molecule has 0 bridgehead atoms. The van der Waals surface area contributed by atoms with Crippen molar-refractivity contribution in [2.75, 3.05) is 26.2 Å². The average Bonchev–Trinajstić information content (AvgIpc) is 3.24. The SMILES string of the molecule is CCN(Cc1nnc(C)o1)C1CN(C2CCN(C(C)C)C2=O)C[C@H]1O. The Hall–Kier alpha value is -1.51. The van der Waals surface area contributed by atoms with E-state index < -0.39 is 6.10 Å². The van der Waals surface area contributed by atoms with E-state index in [1.807, 2.05) is 18.7 Å². The molecule has 8 heteroatoms. The highest BCUT2D eigenvalue weighted by molar-refractivity contribution is 5.84. The lowest BCUT2D eigenvalue weighted by Gasteiger charge is -2.29. The van der Waals surface area contributed by atoms with Crippen LogP contribution >= 0.6 is 0 Å². The Morgan fingerprint density at radius 1 is 1.36 bits per heavy atom. The van der Waals surface area contributed by atoms with Crippen LogP contribution in [0.5, 0.6) is 0 Å². The molecule has 1 aromatic rings. The zero-order valence-electron chi connectivity index (χ0n) is 15.6. The summed E-state index contributed by atoms with van der Waals surface area (Å²) in [7, 11) is 0. The molecule has 0 radical (unpaired) electrons. The molecule has 8 nitrogen and oxygen atoms in total. The first-order valence-electron chi connectivity index (χ1n) is 9.16. The van der Waals surface area contributed by atoms with Gasteiger partial charge < -0.3 is 14.4 Å². The molecular weight excluding hydrogens is 322 g/mol. The second-order valence-electron chi connectivity index (χ2n) is 7.30. The fourth-order valence-electron chi connectivity index (χ4n) is 3.99. The maximum absolute atomic E-state index is 12.6. The van der Waals surface area contributed by atoms with Gasteiger partial charge in [0.2, 0.25) is 17.7 Å². The van der Waals surface area contributed by atoms with Crippen LogP contribution in [-0.4, -0.2) is 86.3 Å². The second kappa shape index (κ2) is 7.39. The molecule has 2 fully saturated rings. The number of aryl methyl sites for hydroxylation is 1. The van der Waals surface area contributed by atoms with Crippen LogP contribution in [0.25, 0.3) is 0 Å². The quantitative estimate of drug-likeness (QED) is 0.786. The topological polar surface area (TPSA) is 85.9 Å². The number of nitrogens with zero attached hydrogens (tertiary/aromatic N) is 5. The molecule has 2 unspecified atom stereocenters. The summed E-state index contributed by atoms with van der Waals surface area (Å²) >= 11 is 0. The van der Waals surface area contributed by atoms with E-state index in [2.05, 4.69) is 26.9 Å². The molecule has 2 saturated heterocycles. The number of rotatable bonds is 6. The van der Waals surface area contributed by atoms with Gasteiger partial charge in [-0.25, -0.2) is 0 Å². The summed E-state index contributed by atoms with van der Waals surface area (Å²) in [5, 5.41) is 18.5. The van der Waals surface area contributed by atoms with Crippen molar-refractivity contribution in [2.45, 2.75) is 64.9 Å². The van der Waals surface area contributed by atoms with Crippen LogP contribution in [0.4, 0.5) is 0 Å². The van der Waals surface area contributed by atoms with Gasteiger partial charge in [-0.1, -0.05) is 6.92 Å². The van der Waals surface area contributed by atoms with Crippen molar-refractivity contribution in [1.29, 1.82) is 0 Å². The molecule has 0 saturated carbocycles. The lowest BCUT2D eigenvalue weighted by molar-refractivity contribution is -0.133. The van der Waals surface area contributed by atoms with Crippen molar-refractivity contribution in [3.63, 3.8) is 0 Å². The first-order valence-corrected chi connectivity index (χ1v) is 9.16. The van der Waals surface area contributed by atoms with Gasteiger partial charge in [0.05, 0.1) is 24.7 Å². The number of carbonyl (C=O) groups is 1. The summed E-state index contributed by atoms with van der Waals surface area (Å²) in [5.41, 5.74) is 0. The molecule has 1 amide bonds. The standard InChI is InChI=1S/C17H29N5O3/c1-5-20(10-16-19-18-12(4)25-16)14-8-21(9-15(14)23)13-6-7-22(11(2)3)17(13)24/h11,13-15,23H,5-10H2,1-4H3/t13?,14?,15-/m1/s1. The van der Waals surface area contributed by atoms with Gasteiger partial charge >= 0.3 is 0 Å². The van der Waals surface area contributed by atoms with Gasteiger partial charge in [-0.2, -0.15) is 0 Å². The minimum atomic E-state index is -0.482. The molecule has 3 atom stereocenters. The number of β-amino-alcohol motifs (C(OH)–C–C–N with tert-alkyl or cyclic N) is 1. The summed E-state index contributed by atoms with van der Waals surface area (Å²) in [5.74, 6) is 1.30. The molecule has 2 aliphatic rings. The third kappa shape index (κ3) is 3.70. The lowest BCUT2D eigenvalue weighted by atomic mass is 10.2. The zero-order valence-corrected chi connectivity index (χ0v) is 15.6. The molecule has 0 aromatic carbocycles. The monoisotopic (exact) mass is 351 g/mol. The lowest BCUT2D eigenvalue weighted by Crippen LogP contribution is -2.45. The van der Waals surface area contributed by atoms with Gasteiger partial charge in [-0.3, -0.25) is 14.6 Å². The number of hydrogen-bond acceptors (Lipinski definition) is 7. The van der Waals surface area contributed by atoms with Crippen molar-refractivity contribution in [3.8, 4) is 0 Å². The van der Waals surface area contributed by atoms with Gasteiger partial charge in [0.1, 0.15) is 0 Å². The molecule has 25 heavy (non-hydrogen) atoms. The van der Waals surface area contributed by atoms with Crippen LogP contribution in [-0.2, 0) is 11.3 Å². The third-order valence-electron chi connectivity index (χ3n) is 5.34. The maximum Gasteiger partial charge on any atom is 0.240 e. The van der Waals surface area contributed by atoms with Crippen LogP contribution in [0.3, 0.4) is 0 Å². The first kappa shape index (κ1) is 18.3. The molecule has 1 aromatic heterocycles. The van der Waals surface area contributed by atoms with Crippen LogP contribution in [0.15, 0.2) is 4.42 Å². The van der Waals surface area contributed by atoms with Crippen LogP contribution in [0, 0.1) is 6.92 Å². The van der Waals surface area contributed by atoms with Crippen molar-refractivity contribution >= 4 is 5.91 Å². The number of aromatic nitrogens is 2. The number of carbonyl (C=O) groups excluding carboxylic acids is 1. The predicted octanol–water partition coefficient (Wildman–Crippen LogP) is 0.254. The highest BCUT2D eigenvalue weighted by atomic mass is 16.4. The molecular formula is C17H29N5O3. The molecule has 0 aliphatic carbocycles. The van der Waals surface area contributed by atoms with Crippen molar-refractivity contribution in [3.05, 3.63) is 11.8 Å². The Morgan fingerprint density at radius 2 is 2.12 bits per heavy atom. The molecule has 2 aliphatic heterocycles. The van der Waals surface area contributed by atoms with Gasteiger partial charge in [-0.15, -0.1) is 10.2 Å². The largest absolute Gasteiger partial charge is 0.424 e. The first-order chi connectivity index (χ1) is 11.9. The predicted molar refractivity (Wildman–Crippen MR) is 91.7 cm³/mol. The third-order valence-corrected chi connectivity index (χ3v) is 5.34. The highest BCUT2D eigenvalue weighted by Gasteiger charge is 2.44. The zero-order chi connectivity index (χ0) is 18.1. The number of aliphatic hydroxyl groups excluding tert-OH is 1. The summed E-state index contributed by atoms with van der Waals surface area (Å²) < 4.78 is 5.47. The number of aliphatic hydroxyl groups is 1. The minimum absolute atomic E-state index is 0.0295. The Kier molecular flexibility index (Phi) is 5.41. The molecule has 140 valence electrons. The maximum atomic E-state index is 12.6. The summed E-state index contributed by atoms with van der Waals surface area (Å²) in [6, 6.07) is 0.0956. The normalized spacial score (nSPS) is 28.0. The van der Waals surface area contributed by atoms with Crippen LogP contribution in [0.2, 0.25) is 0 Å². The number of likely N-dealkylation sites (N-methyl/N-ethyl adjacent to an activating group) is 1. The van der Waals surface area contributed by atoms with Gasteiger partial charge in [0.15, 0.2) is 0 Å². The van der Waals surface area contributed by atoms with Gasteiger partial charge in [0.25, 0.3) is 0 Å². The van der Waals surface area contributed by atoms with E-state index in [1.54, 1.807) is 6.92 Å². The van der Waals surface area contributed by atoms with Crippen LogP contribution < -0.4 is 0 Å². The van der Waals surface area contributed by atoms with E-state index in [9.17, 15) is 9.90 Å². The minimum Gasteiger partial charge on any atom is -0.424 e. The van der Waals surface area contributed by atoms with Crippen molar-refractivity contribution < 1.29 is 14.3 Å². The Bertz CT molecular complexity index is 605. The van der Waals surface area contributed by atoms with E-state index in [4.69, 9.17) is 4.42 Å². The summed E-state index contributed by atoms with van der Waals surface area (Å²) in [4.78, 5) is 18.9. The number of hydrogen-bond donors (Lipinski definition) is 1. The molecule has 1 N–H and O–H groups in total. The van der Waals surface area contributed by atoms with Crippen molar-refractivity contribution in [2.24, 2.45) is 0 Å². The smallest absolute Gasteiger partial charge is 0.240 e. The Balaban J connectivity index is 1.65. The van der Waals surface area contributed by atoms with E-state index >= 15 is 0 Å². The summed E-state index contributed by atoms with van der Waals surface area (Å²) in [6.07, 6.45) is 0.357. The van der Waals surface area contributed by atoms with E-state index in [0.29, 0.717) is 31.4 Å². The highest BCUT2D eigenvalue weighted by Crippen LogP contribution is 2.26. The number of likely N-dealkylation sites (tertiary alicyclic amines) is 2. The Labute approximate surface area is 148 Å². The Morgan fingerprint density at radius 3 is 2.68 bits per heavy atom. The second-order valence-corrected chi connectivity index (χ2v) is 7.30. The van der Waals surface area contributed by atoms with Gasteiger partial charge in [-0.05, 0) is 26.8 Å². The van der Waals surface area contributed by atoms with Crippen LogP contribution in [0.1, 0.15) is 39.0 Å². The van der Waals surface area contributed by atoms with Crippen molar-refractivity contribution in [1.82, 2.24) is 24.9 Å². The number of amides is 1. The van der Waals surface area contributed by atoms with Gasteiger partial charge in [0, 0.05) is 32.6 Å². The fourth-order valence-corrected chi connectivity index (χ4v) is 3.99. The molecule has 0 spiro atoms. The van der Waals surface area contributed by atoms with E-state index in [-0.39, 0.29) is 24.0 Å². The summed E-state index contributed by atoms with van der Waals surface area (Å²) in [6.45, 7) is 11.2. The molecule has 3 heterocycles. The molecule has 3 rings (SSSR count).